The van der Waals surface area contributed by atoms with E-state index >= 15 is 0 Å². The van der Waals surface area contributed by atoms with Crippen LogP contribution in [0, 0.1) is 5.82 Å². The van der Waals surface area contributed by atoms with Crippen LogP contribution in [0.15, 0.2) is 30.3 Å². The normalized spacial score (nSPS) is 16.1. The van der Waals surface area contributed by atoms with Gasteiger partial charge in [0.05, 0.1) is 10.6 Å². The first kappa shape index (κ1) is 27.9. The molecular weight excluding hydrogens is 529 g/mol. The van der Waals surface area contributed by atoms with E-state index in [0.29, 0.717) is 12.8 Å². The Morgan fingerprint density at radius 1 is 1.08 bits per heavy atom. The number of hydrogen-bond donors (Lipinski definition) is 0. The average Bonchev–Trinajstić information content (AvgIpc) is 3.23. The third-order valence-electron chi connectivity index (χ3n) is 5.08. The van der Waals surface area contributed by atoms with Crippen molar-refractivity contribution in [2.45, 2.75) is 58.2 Å². The molecule has 0 aromatic heterocycles. The van der Waals surface area contributed by atoms with Gasteiger partial charge in [0.15, 0.2) is 0 Å². The number of benzene rings is 2. The van der Waals surface area contributed by atoms with Crippen LogP contribution in [0.3, 0.4) is 0 Å². The van der Waals surface area contributed by atoms with Crippen molar-refractivity contribution in [2.75, 3.05) is 6.54 Å². The number of rotatable bonds is 6. The standard InChI is InChI=1S/C24H23Cl2F4NO5/c1-23(2,3)36-22(33)19-5-4-8-31(19)21(32)15-11-16(25)13(9-18(15)27)12-34-14-6-7-20(17(26)10-14)35-24(28,29)30/h6-7,9-11,19H,4-5,8,12H2,1-3H3. The summed E-state index contributed by atoms with van der Waals surface area (Å²) in [5.41, 5.74) is -0.862. The fourth-order valence-electron chi connectivity index (χ4n) is 3.58. The number of carbonyl (C=O) groups is 2. The van der Waals surface area contributed by atoms with Gasteiger partial charge in [-0.1, -0.05) is 23.2 Å². The molecule has 196 valence electrons. The van der Waals surface area contributed by atoms with E-state index in [0.717, 1.165) is 24.3 Å². The SMILES string of the molecule is CC(C)(C)OC(=O)C1CCCN1C(=O)c1cc(Cl)c(COc2ccc(OC(F)(F)F)c(Cl)c2)cc1F. The van der Waals surface area contributed by atoms with Crippen LogP contribution in [0.25, 0.3) is 0 Å². The van der Waals surface area contributed by atoms with Gasteiger partial charge < -0.3 is 19.1 Å². The van der Waals surface area contributed by atoms with E-state index in [1.165, 1.54) is 11.0 Å². The van der Waals surface area contributed by atoms with Crippen molar-refractivity contribution in [1.82, 2.24) is 4.90 Å². The quantitative estimate of drug-likeness (QED) is 0.300. The number of nitrogens with zero attached hydrogens (tertiary/aromatic N) is 1. The summed E-state index contributed by atoms with van der Waals surface area (Å²) in [4.78, 5) is 26.8. The summed E-state index contributed by atoms with van der Waals surface area (Å²) in [5, 5.41) is -0.316. The zero-order valence-electron chi connectivity index (χ0n) is 19.5. The lowest BCUT2D eigenvalue weighted by Gasteiger charge is -2.27. The lowest BCUT2D eigenvalue weighted by molar-refractivity contribution is -0.274. The number of halogens is 6. The first-order valence-electron chi connectivity index (χ1n) is 10.8. The van der Waals surface area contributed by atoms with Crippen LogP contribution < -0.4 is 9.47 Å². The summed E-state index contributed by atoms with van der Waals surface area (Å²) < 4.78 is 66.7. The first-order chi connectivity index (χ1) is 16.6. The molecule has 36 heavy (non-hydrogen) atoms. The number of hydrogen-bond acceptors (Lipinski definition) is 5. The van der Waals surface area contributed by atoms with E-state index in [1.54, 1.807) is 20.8 Å². The van der Waals surface area contributed by atoms with E-state index in [4.69, 9.17) is 32.7 Å². The molecule has 1 atom stereocenters. The molecule has 1 saturated heterocycles. The molecule has 0 spiro atoms. The molecular formula is C24H23Cl2F4NO5. The van der Waals surface area contributed by atoms with Crippen LogP contribution in [0.5, 0.6) is 11.5 Å². The van der Waals surface area contributed by atoms with Gasteiger partial charge in [0.1, 0.15) is 35.6 Å². The van der Waals surface area contributed by atoms with E-state index in [9.17, 15) is 27.2 Å². The number of esters is 1. The van der Waals surface area contributed by atoms with E-state index in [2.05, 4.69) is 4.74 Å². The predicted molar refractivity (Wildman–Crippen MR) is 124 cm³/mol. The van der Waals surface area contributed by atoms with E-state index in [1.807, 2.05) is 0 Å². The maximum absolute atomic E-state index is 14.9. The largest absolute Gasteiger partial charge is 0.573 e. The fraction of sp³-hybridized carbons (Fsp3) is 0.417. The second-order valence-corrected chi connectivity index (χ2v) is 9.86. The highest BCUT2D eigenvalue weighted by Gasteiger charge is 2.38. The molecule has 2 aromatic rings. The number of amides is 1. The highest BCUT2D eigenvalue weighted by Crippen LogP contribution is 2.34. The molecule has 1 unspecified atom stereocenters. The van der Waals surface area contributed by atoms with Crippen molar-refractivity contribution in [2.24, 2.45) is 0 Å². The molecule has 0 radical (unpaired) electrons. The molecule has 2 aromatic carbocycles. The van der Waals surface area contributed by atoms with E-state index in [-0.39, 0.29) is 40.1 Å². The van der Waals surface area contributed by atoms with Gasteiger partial charge in [-0.25, -0.2) is 9.18 Å². The second-order valence-electron chi connectivity index (χ2n) is 9.04. The Morgan fingerprint density at radius 3 is 2.39 bits per heavy atom. The Bertz CT molecular complexity index is 1150. The topological polar surface area (TPSA) is 65.1 Å². The zero-order chi connectivity index (χ0) is 26.8. The number of carbonyl (C=O) groups excluding carboxylic acids is 2. The van der Waals surface area contributed by atoms with Crippen molar-refractivity contribution in [3.63, 3.8) is 0 Å². The highest BCUT2D eigenvalue weighted by atomic mass is 35.5. The van der Waals surface area contributed by atoms with Gasteiger partial charge in [-0.3, -0.25) is 4.79 Å². The van der Waals surface area contributed by atoms with E-state index < -0.39 is 41.4 Å². The average molecular weight is 552 g/mol. The highest BCUT2D eigenvalue weighted by molar-refractivity contribution is 6.32. The predicted octanol–water partition coefficient (Wildman–Crippen LogP) is 6.56. The summed E-state index contributed by atoms with van der Waals surface area (Å²) in [5.74, 6) is -2.64. The molecule has 3 rings (SSSR count). The minimum absolute atomic E-state index is 0.0240. The molecule has 0 bridgehead atoms. The molecule has 6 nitrogen and oxygen atoms in total. The van der Waals surface area contributed by atoms with Crippen LogP contribution >= 0.6 is 23.2 Å². The van der Waals surface area contributed by atoms with Crippen molar-refractivity contribution < 1.29 is 41.4 Å². The van der Waals surface area contributed by atoms with Gasteiger partial charge in [-0.15, -0.1) is 13.2 Å². The van der Waals surface area contributed by atoms with Crippen molar-refractivity contribution in [1.29, 1.82) is 0 Å². The first-order valence-corrected chi connectivity index (χ1v) is 11.6. The second kappa shape index (κ2) is 10.7. The maximum Gasteiger partial charge on any atom is 0.573 e. The lowest BCUT2D eigenvalue weighted by Crippen LogP contribution is -2.43. The van der Waals surface area contributed by atoms with Crippen LogP contribution in [0.2, 0.25) is 10.0 Å². The van der Waals surface area contributed by atoms with Crippen LogP contribution in [0.4, 0.5) is 17.6 Å². The molecule has 1 aliphatic rings. The monoisotopic (exact) mass is 551 g/mol. The van der Waals surface area contributed by atoms with Crippen molar-refractivity contribution >= 4 is 35.1 Å². The minimum Gasteiger partial charge on any atom is -0.489 e. The Balaban J connectivity index is 1.72. The van der Waals surface area contributed by atoms with Gasteiger partial charge in [-0.05, 0) is 57.9 Å². The van der Waals surface area contributed by atoms with Gasteiger partial charge >= 0.3 is 12.3 Å². The van der Waals surface area contributed by atoms with Crippen molar-refractivity contribution in [3.05, 3.63) is 57.3 Å². The number of alkyl halides is 3. The fourth-order valence-corrected chi connectivity index (χ4v) is 4.01. The van der Waals surface area contributed by atoms with Gasteiger partial charge in [0.2, 0.25) is 0 Å². The number of likely N-dealkylation sites (tertiary alicyclic amines) is 1. The smallest absolute Gasteiger partial charge is 0.489 e. The summed E-state index contributed by atoms with van der Waals surface area (Å²) in [6.45, 7) is 5.14. The third kappa shape index (κ3) is 7.16. The third-order valence-corrected chi connectivity index (χ3v) is 5.73. The Hall–Kier alpha value is -2.72. The van der Waals surface area contributed by atoms with Gasteiger partial charge in [0, 0.05) is 23.2 Å². The van der Waals surface area contributed by atoms with Crippen LogP contribution in [-0.4, -0.2) is 41.3 Å². The van der Waals surface area contributed by atoms with Crippen LogP contribution in [-0.2, 0) is 16.1 Å². The Kier molecular flexibility index (Phi) is 8.30. The summed E-state index contributed by atoms with van der Waals surface area (Å²) >= 11 is 12.0. The maximum atomic E-state index is 14.9. The van der Waals surface area contributed by atoms with Gasteiger partial charge in [0.25, 0.3) is 5.91 Å². The summed E-state index contributed by atoms with van der Waals surface area (Å²) in [6, 6.07) is 4.62. The van der Waals surface area contributed by atoms with Crippen LogP contribution in [0.1, 0.15) is 49.5 Å². The molecule has 1 fully saturated rings. The molecule has 12 heteroatoms. The van der Waals surface area contributed by atoms with Crippen molar-refractivity contribution in [3.8, 4) is 11.5 Å². The molecule has 1 heterocycles. The summed E-state index contributed by atoms with van der Waals surface area (Å²) in [7, 11) is 0. The Labute approximate surface area is 215 Å². The number of ether oxygens (including phenoxy) is 3. The lowest BCUT2D eigenvalue weighted by atomic mass is 10.1. The molecule has 1 amide bonds. The molecule has 0 aliphatic carbocycles. The summed E-state index contributed by atoms with van der Waals surface area (Å²) in [6.07, 6.45) is -3.94. The molecule has 0 saturated carbocycles. The molecule has 1 aliphatic heterocycles. The minimum atomic E-state index is -4.90. The molecule has 0 N–H and O–H groups in total. The zero-order valence-corrected chi connectivity index (χ0v) is 21.1. The Morgan fingerprint density at radius 2 is 1.78 bits per heavy atom. The van der Waals surface area contributed by atoms with Gasteiger partial charge in [-0.2, -0.15) is 0 Å².